The smallest absolute Gasteiger partial charge is 0.312 e. The minimum absolute atomic E-state index is 0.260. The third kappa shape index (κ3) is 2.31. The average Bonchev–Trinajstić information content (AvgIpc) is 2.91. The molecule has 1 aromatic heterocycles. The Bertz CT molecular complexity index is 684. The predicted octanol–water partition coefficient (Wildman–Crippen LogP) is 3.13. The van der Waals surface area contributed by atoms with Gasteiger partial charge in [-0.25, -0.2) is 13.8 Å². The number of aryl methyl sites for hydroxylation is 1. The molecule has 0 aliphatic heterocycles. The van der Waals surface area contributed by atoms with Gasteiger partial charge in [-0.2, -0.15) is 0 Å². The molecule has 0 fully saturated rings. The van der Waals surface area contributed by atoms with Crippen LogP contribution in [0.5, 0.6) is 0 Å². The SMILES string of the molecule is O=C(O)C1CCc2sc(Cc3ccc(F)cc3F)nc21. The zero-order valence-corrected chi connectivity index (χ0v) is 11.2. The van der Waals surface area contributed by atoms with Crippen LogP contribution in [0.3, 0.4) is 0 Å². The summed E-state index contributed by atoms with van der Waals surface area (Å²) in [7, 11) is 0. The largest absolute Gasteiger partial charge is 0.481 e. The number of thiazole rings is 1. The topological polar surface area (TPSA) is 50.2 Å². The molecule has 0 saturated heterocycles. The van der Waals surface area contributed by atoms with Crippen molar-refractivity contribution in [3.05, 3.63) is 51.0 Å². The fraction of sp³-hybridized carbons (Fsp3) is 0.286. The highest BCUT2D eigenvalue weighted by Gasteiger charge is 2.32. The van der Waals surface area contributed by atoms with Gasteiger partial charge in [0.15, 0.2) is 0 Å². The Morgan fingerprint density at radius 2 is 2.25 bits per heavy atom. The maximum Gasteiger partial charge on any atom is 0.312 e. The van der Waals surface area contributed by atoms with E-state index in [0.717, 1.165) is 10.9 Å². The fourth-order valence-electron chi connectivity index (χ4n) is 2.42. The number of benzene rings is 1. The third-order valence-corrected chi connectivity index (χ3v) is 4.55. The van der Waals surface area contributed by atoms with Gasteiger partial charge in [0, 0.05) is 17.4 Å². The molecule has 0 bridgehead atoms. The van der Waals surface area contributed by atoms with E-state index in [1.807, 2.05) is 0 Å². The monoisotopic (exact) mass is 295 g/mol. The van der Waals surface area contributed by atoms with Gasteiger partial charge in [-0.1, -0.05) is 6.07 Å². The van der Waals surface area contributed by atoms with Crippen molar-refractivity contribution in [2.24, 2.45) is 0 Å². The van der Waals surface area contributed by atoms with Crippen molar-refractivity contribution in [1.82, 2.24) is 4.98 Å². The lowest BCUT2D eigenvalue weighted by Gasteiger charge is -2.03. The fourth-order valence-corrected chi connectivity index (χ4v) is 3.59. The number of carboxylic acids is 1. The van der Waals surface area contributed by atoms with E-state index in [1.54, 1.807) is 0 Å². The molecule has 3 rings (SSSR count). The number of hydrogen-bond acceptors (Lipinski definition) is 3. The third-order valence-electron chi connectivity index (χ3n) is 3.42. The summed E-state index contributed by atoms with van der Waals surface area (Å²) in [6.07, 6.45) is 1.54. The highest BCUT2D eigenvalue weighted by Crippen LogP contribution is 2.37. The first-order valence-corrected chi connectivity index (χ1v) is 7.01. The van der Waals surface area contributed by atoms with Crippen LogP contribution >= 0.6 is 11.3 Å². The van der Waals surface area contributed by atoms with Crippen LogP contribution in [0, 0.1) is 11.6 Å². The van der Waals surface area contributed by atoms with Crippen LogP contribution < -0.4 is 0 Å². The number of halogens is 2. The van der Waals surface area contributed by atoms with Gasteiger partial charge in [0.2, 0.25) is 0 Å². The minimum atomic E-state index is -0.867. The molecule has 0 radical (unpaired) electrons. The number of rotatable bonds is 3. The van der Waals surface area contributed by atoms with E-state index in [-0.39, 0.29) is 6.42 Å². The van der Waals surface area contributed by atoms with E-state index in [0.29, 0.717) is 29.1 Å². The highest BCUT2D eigenvalue weighted by atomic mass is 32.1. The van der Waals surface area contributed by atoms with Gasteiger partial charge < -0.3 is 5.11 Å². The average molecular weight is 295 g/mol. The molecule has 20 heavy (non-hydrogen) atoms. The molecule has 0 amide bonds. The molecule has 0 saturated carbocycles. The molecule has 6 heteroatoms. The Labute approximate surface area is 117 Å². The van der Waals surface area contributed by atoms with E-state index < -0.39 is 23.5 Å². The Kier molecular flexibility index (Phi) is 3.25. The number of carboxylic acid groups (broad SMARTS) is 1. The summed E-state index contributed by atoms with van der Waals surface area (Å²) < 4.78 is 26.4. The summed E-state index contributed by atoms with van der Waals surface area (Å²) in [4.78, 5) is 16.4. The lowest BCUT2D eigenvalue weighted by Crippen LogP contribution is -2.08. The van der Waals surface area contributed by atoms with Gasteiger partial charge in [-0.3, -0.25) is 4.79 Å². The first-order valence-electron chi connectivity index (χ1n) is 6.20. The Balaban J connectivity index is 1.86. The molecular weight excluding hydrogens is 284 g/mol. The maximum absolute atomic E-state index is 13.6. The normalized spacial score (nSPS) is 17.2. The van der Waals surface area contributed by atoms with E-state index in [9.17, 15) is 13.6 Å². The van der Waals surface area contributed by atoms with Crippen LogP contribution in [0.25, 0.3) is 0 Å². The van der Waals surface area contributed by atoms with Crippen molar-refractivity contribution in [2.45, 2.75) is 25.2 Å². The molecule has 1 aliphatic rings. The first-order chi connectivity index (χ1) is 9.54. The van der Waals surface area contributed by atoms with Crippen LogP contribution in [0.2, 0.25) is 0 Å². The standard InChI is InChI=1S/C14H11F2NO2S/c15-8-2-1-7(10(16)6-8)5-12-17-13-9(14(18)19)3-4-11(13)20-12/h1-2,6,9H,3-5H2,(H,18,19). The van der Waals surface area contributed by atoms with Crippen LogP contribution in [-0.2, 0) is 17.6 Å². The number of fused-ring (bicyclic) bond motifs is 1. The zero-order valence-electron chi connectivity index (χ0n) is 10.4. The number of carbonyl (C=O) groups is 1. The summed E-state index contributed by atoms with van der Waals surface area (Å²) in [5.74, 6) is -2.63. The number of aliphatic carboxylic acids is 1. The molecule has 1 heterocycles. The Morgan fingerprint density at radius 3 is 2.95 bits per heavy atom. The van der Waals surface area contributed by atoms with Crippen LogP contribution in [0.1, 0.15) is 33.5 Å². The van der Waals surface area contributed by atoms with Crippen molar-refractivity contribution in [3.8, 4) is 0 Å². The Morgan fingerprint density at radius 1 is 1.45 bits per heavy atom. The van der Waals surface area contributed by atoms with E-state index in [1.165, 1.54) is 23.5 Å². The van der Waals surface area contributed by atoms with Crippen molar-refractivity contribution in [3.63, 3.8) is 0 Å². The number of nitrogens with zero attached hydrogens (tertiary/aromatic N) is 1. The predicted molar refractivity (Wildman–Crippen MR) is 70.0 cm³/mol. The van der Waals surface area contributed by atoms with E-state index in [4.69, 9.17) is 5.11 Å². The number of hydrogen-bond donors (Lipinski definition) is 1. The molecule has 0 spiro atoms. The molecule has 3 nitrogen and oxygen atoms in total. The maximum atomic E-state index is 13.6. The van der Waals surface area contributed by atoms with Gasteiger partial charge in [0.25, 0.3) is 0 Å². The summed E-state index contributed by atoms with van der Waals surface area (Å²) in [5, 5.41) is 9.77. The molecular formula is C14H11F2NO2S. The van der Waals surface area contributed by atoms with E-state index in [2.05, 4.69) is 4.98 Å². The van der Waals surface area contributed by atoms with Crippen LogP contribution in [0.4, 0.5) is 8.78 Å². The molecule has 104 valence electrons. The summed E-state index contributed by atoms with van der Waals surface area (Å²) >= 11 is 1.42. The van der Waals surface area contributed by atoms with Crippen molar-refractivity contribution in [1.29, 1.82) is 0 Å². The lowest BCUT2D eigenvalue weighted by molar-refractivity contribution is -0.138. The molecule has 1 aromatic carbocycles. The second-order valence-electron chi connectivity index (χ2n) is 4.76. The van der Waals surface area contributed by atoms with Crippen LogP contribution in [0.15, 0.2) is 18.2 Å². The van der Waals surface area contributed by atoms with Gasteiger partial charge in [0.05, 0.1) is 10.7 Å². The molecule has 2 aromatic rings. The van der Waals surface area contributed by atoms with Crippen molar-refractivity contribution in [2.75, 3.05) is 0 Å². The summed E-state index contributed by atoms with van der Waals surface area (Å²) in [5.41, 5.74) is 0.978. The van der Waals surface area contributed by atoms with Gasteiger partial charge >= 0.3 is 5.97 Å². The molecule has 1 N–H and O–H groups in total. The molecule has 1 unspecified atom stereocenters. The van der Waals surface area contributed by atoms with Crippen molar-refractivity contribution < 1.29 is 18.7 Å². The highest BCUT2D eigenvalue weighted by molar-refractivity contribution is 7.11. The second-order valence-corrected chi connectivity index (χ2v) is 5.93. The lowest BCUT2D eigenvalue weighted by atomic mass is 10.1. The molecule has 1 aliphatic carbocycles. The van der Waals surface area contributed by atoms with Gasteiger partial charge in [-0.05, 0) is 24.5 Å². The minimum Gasteiger partial charge on any atom is -0.481 e. The number of aromatic nitrogens is 1. The van der Waals surface area contributed by atoms with Gasteiger partial charge in [-0.15, -0.1) is 11.3 Å². The van der Waals surface area contributed by atoms with Crippen LogP contribution in [-0.4, -0.2) is 16.1 Å². The Hall–Kier alpha value is -1.82. The van der Waals surface area contributed by atoms with E-state index >= 15 is 0 Å². The quantitative estimate of drug-likeness (QED) is 0.946. The second kappa shape index (κ2) is 4.94. The van der Waals surface area contributed by atoms with Gasteiger partial charge in [0.1, 0.15) is 17.6 Å². The zero-order chi connectivity index (χ0) is 14.3. The summed E-state index contributed by atoms with van der Waals surface area (Å²) in [6, 6.07) is 3.45. The molecule has 1 atom stereocenters. The van der Waals surface area contributed by atoms with Crippen molar-refractivity contribution >= 4 is 17.3 Å². The summed E-state index contributed by atoms with van der Waals surface area (Å²) in [6.45, 7) is 0. The first kappa shape index (κ1) is 13.2.